The molecule has 25 heavy (non-hydrogen) atoms. The van der Waals surface area contributed by atoms with E-state index in [9.17, 15) is 4.79 Å². The smallest absolute Gasteiger partial charge is 0.270 e. The molecule has 0 radical (unpaired) electrons. The monoisotopic (exact) mass is 357 g/mol. The second kappa shape index (κ2) is 8.16. The number of benzene rings is 1. The Labute approximate surface area is 151 Å². The number of aromatic nitrogens is 2. The first-order valence-electron chi connectivity index (χ1n) is 8.63. The van der Waals surface area contributed by atoms with E-state index in [0.29, 0.717) is 10.6 Å². The number of methoxy groups -OCH3 is 1. The van der Waals surface area contributed by atoms with Gasteiger partial charge in [-0.15, -0.1) is 11.3 Å². The fraction of sp³-hybridized carbons (Fsp3) is 0.368. The molecule has 0 saturated heterocycles. The van der Waals surface area contributed by atoms with Crippen LogP contribution in [0.25, 0.3) is 20.7 Å². The molecule has 0 aliphatic heterocycles. The summed E-state index contributed by atoms with van der Waals surface area (Å²) in [5.41, 5.74) is 1.69. The lowest BCUT2D eigenvalue weighted by atomic mass is 10.2. The van der Waals surface area contributed by atoms with E-state index >= 15 is 0 Å². The van der Waals surface area contributed by atoms with Crippen LogP contribution in [-0.4, -0.2) is 23.6 Å². The maximum absolute atomic E-state index is 12.3. The number of thiophene rings is 1. The fourth-order valence-electron chi connectivity index (χ4n) is 2.68. The summed E-state index contributed by atoms with van der Waals surface area (Å²) in [4.78, 5) is 20.7. The van der Waals surface area contributed by atoms with Crippen molar-refractivity contribution in [3.8, 4) is 16.2 Å². The van der Waals surface area contributed by atoms with Crippen molar-refractivity contribution in [2.45, 2.75) is 32.6 Å². The highest BCUT2D eigenvalue weighted by atomic mass is 32.1. The molecule has 132 valence electrons. The average Bonchev–Trinajstić information content (AvgIpc) is 3.06. The molecule has 0 amide bonds. The van der Waals surface area contributed by atoms with E-state index in [-0.39, 0.29) is 5.56 Å². The van der Waals surface area contributed by atoms with E-state index in [1.807, 2.05) is 30.3 Å². The number of hydrogen-bond acceptors (Lipinski definition) is 5. The molecule has 0 atom stereocenters. The third-order valence-electron chi connectivity index (χ3n) is 4.08. The molecule has 1 aromatic carbocycles. The Hall–Kier alpha value is -2.34. The molecule has 0 fully saturated rings. The molecule has 3 rings (SSSR count). The topological polar surface area (TPSA) is 67.0 Å². The van der Waals surface area contributed by atoms with Crippen LogP contribution in [0, 0.1) is 0 Å². The lowest BCUT2D eigenvalue weighted by Gasteiger charge is -2.04. The van der Waals surface area contributed by atoms with Crippen LogP contribution in [-0.2, 0) is 0 Å². The molecule has 3 aromatic rings. The molecule has 0 aliphatic carbocycles. The number of hydrogen-bond donors (Lipinski definition) is 2. The molecule has 0 saturated carbocycles. The molecule has 2 heterocycles. The fourth-order valence-corrected chi connectivity index (χ4v) is 3.68. The first-order chi connectivity index (χ1) is 12.2. The predicted molar refractivity (Wildman–Crippen MR) is 105 cm³/mol. The van der Waals surface area contributed by atoms with Crippen molar-refractivity contribution in [1.29, 1.82) is 0 Å². The Kier molecular flexibility index (Phi) is 5.71. The van der Waals surface area contributed by atoms with Crippen LogP contribution in [0.2, 0.25) is 0 Å². The second-order valence-corrected chi connectivity index (χ2v) is 7.01. The van der Waals surface area contributed by atoms with Gasteiger partial charge in [0, 0.05) is 11.4 Å². The maximum Gasteiger partial charge on any atom is 0.270 e. The quantitative estimate of drug-likeness (QED) is 0.576. The van der Waals surface area contributed by atoms with E-state index in [1.54, 1.807) is 7.11 Å². The molecule has 6 heteroatoms. The van der Waals surface area contributed by atoms with Gasteiger partial charge in [0.15, 0.2) is 0 Å². The number of anilines is 1. The van der Waals surface area contributed by atoms with Gasteiger partial charge in [-0.25, -0.2) is 4.98 Å². The molecule has 2 aromatic heterocycles. The normalized spacial score (nSPS) is 11.0. The number of nitrogens with zero attached hydrogens (tertiary/aromatic N) is 1. The lowest BCUT2D eigenvalue weighted by Crippen LogP contribution is -2.12. The molecular weight excluding hydrogens is 334 g/mol. The van der Waals surface area contributed by atoms with E-state index in [1.165, 1.54) is 30.6 Å². The van der Waals surface area contributed by atoms with Crippen molar-refractivity contribution >= 4 is 27.5 Å². The molecular formula is C19H23N3O2S. The van der Waals surface area contributed by atoms with Gasteiger partial charge in [0.2, 0.25) is 5.95 Å². The summed E-state index contributed by atoms with van der Waals surface area (Å²) < 4.78 is 5.84. The summed E-state index contributed by atoms with van der Waals surface area (Å²) in [6.07, 6.45) is 4.72. The average molecular weight is 357 g/mol. The van der Waals surface area contributed by atoms with Crippen LogP contribution in [0.3, 0.4) is 0 Å². The van der Waals surface area contributed by atoms with E-state index < -0.39 is 0 Å². The van der Waals surface area contributed by atoms with Crippen LogP contribution >= 0.6 is 11.3 Å². The minimum atomic E-state index is -0.0918. The summed E-state index contributed by atoms with van der Waals surface area (Å²) in [7, 11) is 1.65. The molecule has 5 nitrogen and oxygen atoms in total. The summed E-state index contributed by atoms with van der Waals surface area (Å²) >= 11 is 1.46. The van der Waals surface area contributed by atoms with Gasteiger partial charge in [-0.05, 0) is 42.3 Å². The number of aromatic amines is 1. The summed E-state index contributed by atoms with van der Waals surface area (Å²) in [5, 5.41) is 3.22. The number of rotatable bonds is 8. The minimum absolute atomic E-state index is 0.0918. The molecule has 0 unspecified atom stereocenters. The number of nitrogens with one attached hydrogen (secondary N) is 2. The van der Waals surface area contributed by atoms with Gasteiger partial charge < -0.3 is 10.1 Å². The zero-order chi connectivity index (χ0) is 17.6. The predicted octanol–water partition coefficient (Wildman–Crippen LogP) is 4.65. The summed E-state index contributed by atoms with van der Waals surface area (Å²) in [6, 6.07) is 9.79. The van der Waals surface area contributed by atoms with Crippen LogP contribution in [0.1, 0.15) is 32.6 Å². The highest BCUT2D eigenvalue weighted by molar-refractivity contribution is 7.22. The van der Waals surface area contributed by atoms with Gasteiger partial charge in [-0.2, -0.15) is 0 Å². The van der Waals surface area contributed by atoms with Gasteiger partial charge in [0.05, 0.1) is 12.6 Å². The number of ether oxygens (including phenoxy) is 1. The van der Waals surface area contributed by atoms with Crippen molar-refractivity contribution in [3.05, 3.63) is 40.7 Å². The van der Waals surface area contributed by atoms with Crippen molar-refractivity contribution in [2.24, 2.45) is 0 Å². The molecule has 0 bridgehead atoms. The Morgan fingerprint density at radius 3 is 2.72 bits per heavy atom. The van der Waals surface area contributed by atoms with Gasteiger partial charge in [0.1, 0.15) is 10.4 Å². The second-order valence-electron chi connectivity index (χ2n) is 5.96. The number of fused-ring (bicyclic) bond motifs is 1. The zero-order valence-electron chi connectivity index (χ0n) is 14.6. The van der Waals surface area contributed by atoms with E-state index in [4.69, 9.17) is 4.74 Å². The largest absolute Gasteiger partial charge is 0.497 e. The van der Waals surface area contributed by atoms with Crippen LogP contribution in [0.5, 0.6) is 5.75 Å². The van der Waals surface area contributed by atoms with Gasteiger partial charge in [-0.1, -0.05) is 26.2 Å². The highest BCUT2D eigenvalue weighted by Gasteiger charge is 2.10. The van der Waals surface area contributed by atoms with Crippen LogP contribution in [0.15, 0.2) is 35.1 Å². The zero-order valence-corrected chi connectivity index (χ0v) is 15.4. The summed E-state index contributed by atoms with van der Waals surface area (Å²) in [5.74, 6) is 1.36. The van der Waals surface area contributed by atoms with Crippen molar-refractivity contribution in [2.75, 3.05) is 19.0 Å². The maximum atomic E-state index is 12.3. The van der Waals surface area contributed by atoms with Gasteiger partial charge in [-0.3, -0.25) is 9.78 Å². The third-order valence-corrected chi connectivity index (χ3v) is 5.25. The van der Waals surface area contributed by atoms with Crippen LogP contribution in [0.4, 0.5) is 5.95 Å². The standard InChI is InChI=1S/C19H23N3O2S/c1-3-4-5-6-11-20-19-21-15-12-16(25-17(15)18(23)22-19)13-7-9-14(24-2)10-8-13/h7-10,12H,3-6,11H2,1-2H3,(H2,20,21,22,23). The van der Waals surface area contributed by atoms with Crippen molar-refractivity contribution in [1.82, 2.24) is 9.97 Å². The molecule has 2 N–H and O–H groups in total. The van der Waals surface area contributed by atoms with E-state index in [0.717, 1.165) is 34.7 Å². The Balaban J connectivity index is 1.79. The number of H-pyrrole nitrogens is 1. The lowest BCUT2D eigenvalue weighted by molar-refractivity contribution is 0.415. The SMILES string of the molecule is CCCCCCNc1nc2cc(-c3ccc(OC)cc3)sc2c(=O)[nH]1. The Morgan fingerprint density at radius 1 is 1.20 bits per heavy atom. The van der Waals surface area contributed by atoms with Crippen LogP contribution < -0.4 is 15.6 Å². The first kappa shape index (κ1) is 17.5. The third kappa shape index (κ3) is 4.20. The Bertz CT molecular complexity index is 884. The first-order valence-corrected chi connectivity index (χ1v) is 9.45. The van der Waals surface area contributed by atoms with Crippen molar-refractivity contribution in [3.63, 3.8) is 0 Å². The van der Waals surface area contributed by atoms with Gasteiger partial charge in [0.25, 0.3) is 5.56 Å². The number of unbranched alkanes of at least 4 members (excludes halogenated alkanes) is 3. The highest BCUT2D eigenvalue weighted by Crippen LogP contribution is 2.32. The van der Waals surface area contributed by atoms with Crippen molar-refractivity contribution < 1.29 is 4.74 Å². The minimum Gasteiger partial charge on any atom is -0.497 e. The molecule has 0 spiro atoms. The molecule has 0 aliphatic rings. The Morgan fingerprint density at radius 2 is 2.00 bits per heavy atom. The van der Waals surface area contributed by atoms with E-state index in [2.05, 4.69) is 22.2 Å². The summed E-state index contributed by atoms with van der Waals surface area (Å²) in [6.45, 7) is 3.02. The van der Waals surface area contributed by atoms with Gasteiger partial charge >= 0.3 is 0 Å².